The van der Waals surface area contributed by atoms with Crippen LogP contribution >= 0.6 is 0 Å². The lowest BCUT2D eigenvalue weighted by molar-refractivity contribution is -0.143. The number of nitrogens with zero attached hydrogens (tertiary/aromatic N) is 2. The van der Waals surface area contributed by atoms with Gasteiger partial charge < -0.3 is 5.32 Å². The third-order valence-electron chi connectivity index (χ3n) is 3.57. The summed E-state index contributed by atoms with van der Waals surface area (Å²) in [5, 5.41) is 5.38. The van der Waals surface area contributed by atoms with Crippen molar-refractivity contribution in [1.82, 2.24) is 9.78 Å². The fourth-order valence-corrected chi connectivity index (χ4v) is 2.36. The van der Waals surface area contributed by atoms with Crippen molar-refractivity contribution < 1.29 is 31.1 Å². The van der Waals surface area contributed by atoms with Crippen molar-refractivity contribution in [3.63, 3.8) is 0 Å². The zero-order valence-electron chi connectivity index (χ0n) is 13.2. The van der Waals surface area contributed by atoms with E-state index in [-0.39, 0.29) is 5.69 Å². The molecule has 0 spiro atoms. The first kappa shape index (κ1) is 18.5. The Bertz CT molecular complexity index is 998. The maximum absolute atomic E-state index is 13.7. The number of carbonyl (C=O) groups is 1. The molecule has 10 heteroatoms. The molecule has 1 heterocycles. The second kappa shape index (κ2) is 6.78. The van der Waals surface area contributed by atoms with Gasteiger partial charge in [0.1, 0.15) is 0 Å². The van der Waals surface area contributed by atoms with Gasteiger partial charge in [-0.1, -0.05) is 18.2 Å². The van der Waals surface area contributed by atoms with E-state index < -0.39 is 46.5 Å². The molecule has 3 rings (SSSR count). The molecule has 1 aromatic heterocycles. The molecule has 1 N–H and O–H groups in total. The molecule has 3 aromatic rings. The number of hydrogen-bond donors (Lipinski definition) is 1. The van der Waals surface area contributed by atoms with E-state index in [0.717, 1.165) is 0 Å². The quantitative estimate of drug-likeness (QED) is 0.531. The number of rotatable bonds is 3. The number of alkyl halides is 3. The van der Waals surface area contributed by atoms with E-state index in [4.69, 9.17) is 0 Å². The van der Waals surface area contributed by atoms with Gasteiger partial charge in [-0.2, -0.15) is 18.3 Å². The maximum Gasteiger partial charge on any atom is 0.434 e. The third-order valence-corrected chi connectivity index (χ3v) is 3.57. The van der Waals surface area contributed by atoms with Gasteiger partial charge in [0.15, 0.2) is 23.1 Å². The first-order chi connectivity index (χ1) is 12.7. The SMILES string of the molecule is O=C(Nc1ccc(F)c(F)c1F)c1cnn(-c2ccccc2)c1C(F)(F)F. The number of hydrogen-bond acceptors (Lipinski definition) is 2. The van der Waals surface area contributed by atoms with Crippen molar-refractivity contribution in [3.05, 3.63) is 77.4 Å². The molecular weight excluding hydrogens is 376 g/mol. The van der Waals surface area contributed by atoms with Crippen LogP contribution in [0.2, 0.25) is 0 Å². The Hall–Kier alpha value is -3.30. The number of carbonyl (C=O) groups excluding carboxylic acids is 1. The summed E-state index contributed by atoms with van der Waals surface area (Å²) in [6, 6.07) is 8.46. The lowest BCUT2D eigenvalue weighted by Gasteiger charge is -2.13. The molecule has 2 aromatic carbocycles. The topological polar surface area (TPSA) is 46.9 Å². The zero-order chi connectivity index (χ0) is 19.8. The van der Waals surface area contributed by atoms with Crippen LogP contribution in [-0.4, -0.2) is 15.7 Å². The predicted octanol–water partition coefficient (Wildman–Crippen LogP) is 4.56. The zero-order valence-corrected chi connectivity index (χ0v) is 13.2. The van der Waals surface area contributed by atoms with Gasteiger partial charge in [-0.25, -0.2) is 17.9 Å². The molecular formula is C17H9F6N3O. The van der Waals surface area contributed by atoms with E-state index in [0.29, 0.717) is 23.0 Å². The lowest BCUT2D eigenvalue weighted by Crippen LogP contribution is -2.21. The van der Waals surface area contributed by atoms with Crippen LogP contribution in [0.3, 0.4) is 0 Å². The largest absolute Gasteiger partial charge is 0.434 e. The molecule has 0 unspecified atom stereocenters. The molecule has 0 saturated carbocycles. The van der Waals surface area contributed by atoms with Gasteiger partial charge in [0.05, 0.1) is 23.1 Å². The average molecular weight is 385 g/mol. The molecule has 0 saturated heterocycles. The van der Waals surface area contributed by atoms with Crippen molar-refractivity contribution in [1.29, 1.82) is 0 Å². The van der Waals surface area contributed by atoms with E-state index >= 15 is 0 Å². The van der Waals surface area contributed by atoms with Crippen LogP contribution in [0.25, 0.3) is 5.69 Å². The average Bonchev–Trinajstić information content (AvgIpc) is 3.09. The lowest BCUT2D eigenvalue weighted by atomic mass is 10.2. The Kier molecular flexibility index (Phi) is 4.64. The van der Waals surface area contributed by atoms with Gasteiger partial charge in [0.2, 0.25) is 0 Å². The first-order valence-corrected chi connectivity index (χ1v) is 7.35. The van der Waals surface area contributed by atoms with Gasteiger partial charge in [0, 0.05) is 0 Å². The Balaban J connectivity index is 2.03. The molecule has 140 valence electrons. The predicted molar refractivity (Wildman–Crippen MR) is 82.8 cm³/mol. The first-order valence-electron chi connectivity index (χ1n) is 7.35. The number of amides is 1. The molecule has 4 nitrogen and oxygen atoms in total. The summed E-state index contributed by atoms with van der Waals surface area (Å²) < 4.78 is 80.9. The van der Waals surface area contributed by atoms with E-state index in [9.17, 15) is 31.1 Å². The molecule has 1 amide bonds. The Morgan fingerprint density at radius 1 is 0.963 bits per heavy atom. The Morgan fingerprint density at radius 3 is 2.26 bits per heavy atom. The molecule has 0 aliphatic heterocycles. The third kappa shape index (κ3) is 3.50. The molecule has 0 atom stereocenters. The number of nitrogens with one attached hydrogen (secondary N) is 1. The molecule has 0 radical (unpaired) electrons. The maximum atomic E-state index is 13.7. The van der Waals surface area contributed by atoms with Gasteiger partial charge in [0.25, 0.3) is 5.91 Å². The summed E-state index contributed by atoms with van der Waals surface area (Å²) in [4.78, 5) is 12.2. The normalized spacial score (nSPS) is 11.5. The second-order valence-corrected chi connectivity index (χ2v) is 5.33. The number of benzene rings is 2. The number of halogens is 6. The second-order valence-electron chi connectivity index (χ2n) is 5.33. The Labute approximate surface area is 148 Å². The molecule has 0 aliphatic rings. The summed E-state index contributed by atoms with van der Waals surface area (Å²) in [5.41, 5.74) is -3.06. The van der Waals surface area contributed by atoms with Crippen molar-refractivity contribution >= 4 is 11.6 Å². The molecule has 0 aliphatic carbocycles. The van der Waals surface area contributed by atoms with Gasteiger partial charge in [-0.05, 0) is 24.3 Å². The molecule has 0 fully saturated rings. The molecule has 0 bridgehead atoms. The monoisotopic (exact) mass is 385 g/mol. The summed E-state index contributed by atoms with van der Waals surface area (Å²) in [7, 11) is 0. The summed E-state index contributed by atoms with van der Waals surface area (Å²) in [5.74, 6) is -6.47. The van der Waals surface area contributed by atoms with Gasteiger partial charge in [-0.15, -0.1) is 0 Å². The highest BCUT2D eigenvalue weighted by molar-refractivity contribution is 6.05. The van der Waals surface area contributed by atoms with E-state index in [1.54, 1.807) is 11.4 Å². The van der Waals surface area contributed by atoms with Crippen LogP contribution in [-0.2, 0) is 6.18 Å². The van der Waals surface area contributed by atoms with Crippen LogP contribution in [0.15, 0.2) is 48.7 Å². The summed E-state index contributed by atoms with van der Waals surface area (Å²) >= 11 is 0. The van der Waals surface area contributed by atoms with Crippen molar-refractivity contribution in [3.8, 4) is 5.69 Å². The van der Waals surface area contributed by atoms with Crippen LogP contribution in [0.1, 0.15) is 16.1 Å². The number of anilines is 1. The highest BCUT2D eigenvalue weighted by Crippen LogP contribution is 2.34. The van der Waals surface area contributed by atoms with Gasteiger partial charge >= 0.3 is 6.18 Å². The number of aromatic nitrogens is 2. The fourth-order valence-electron chi connectivity index (χ4n) is 2.36. The fraction of sp³-hybridized carbons (Fsp3) is 0.0588. The van der Waals surface area contributed by atoms with Crippen molar-refractivity contribution in [2.24, 2.45) is 0 Å². The van der Waals surface area contributed by atoms with Crippen molar-refractivity contribution in [2.75, 3.05) is 5.32 Å². The van der Waals surface area contributed by atoms with Crippen LogP contribution < -0.4 is 5.32 Å². The minimum absolute atomic E-state index is 0.0443. The number of para-hydroxylation sites is 1. The summed E-state index contributed by atoms with van der Waals surface area (Å²) in [6.45, 7) is 0. The van der Waals surface area contributed by atoms with Crippen LogP contribution in [0.4, 0.5) is 32.0 Å². The van der Waals surface area contributed by atoms with E-state index in [1.165, 1.54) is 24.3 Å². The highest BCUT2D eigenvalue weighted by atomic mass is 19.4. The van der Waals surface area contributed by atoms with Crippen LogP contribution in [0.5, 0.6) is 0 Å². The van der Waals surface area contributed by atoms with E-state index in [2.05, 4.69) is 5.10 Å². The minimum atomic E-state index is -4.97. The smallest absolute Gasteiger partial charge is 0.319 e. The van der Waals surface area contributed by atoms with E-state index in [1.807, 2.05) is 0 Å². The van der Waals surface area contributed by atoms with Crippen LogP contribution in [0, 0.1) is 17.5 Å². The summed E-state index contributed by atoms with van der Waals surface area (Å²) in [6.07, 6.45) is -4.31. The highest BCUT2D eigenvalue weighted by Gasteiger charge is 2.40. The Morgan fingerprint density at radius 2 is 1.63 bits per heavy atom. The minimum Gasteiger partial charge on any atom is -0.319 e. The standard InChI is InChI=1S/C17H9F6N3O/c18-11-6-7-12(14(20)13(11)19)25-16(27)10-8-24-26(15(10)17(21,22)23)9-4-2-1-3-5-9/h1-8H,(H,25,27). The molecule has 27 heavy (non-hydrogen) atoms. The van der Waals surface area contributed by atoms with Gasteiger partial charge in [-0.3, -0.25) is 4.79 Å². The van der Waals surface area contributed by atoms with Crippen molar-refractivity contribution in [2.45, 2.75) is 6.18 Å².